The predicted octanol–water partition coefficient (Wildman–Crippen LogP) is -1.50. The van der Waals surface area contributed by atoms with Crippen LogP contribution in [-0.2, 0) is 25.6 Å². The molecule has 0 bridgehead atoms. The van der Waals surface area contributed by atoms with Gasteiger partial charge in [-0.15, -0.1) is 0 Å². The van der Waals surface area contributed by atoms with E-state index in [2.05, 4.69) is 5.32 Å². The average Bonchev–Trinajstić information content (AvgIpc) is 2.84. The quantitative estimate of drug-likeness (QED) is 0.153. The summed E-state index contributed by atoms with van der Waals surface area (Å²) in [4.78, 5) is 56.5. The normalized spacial score (nSPS) is 27.6. The first-order valence-electron chi connectivity index (χ1n) is 12.8. The third-order valence-electron chi connectivity index (χ3n) is 8.00. The number of phenolic OH excluding ortho intramolecular Hbond substituents is 1. The number of nitrogens with two attached hydrogens (primary N) is 1. The summed E-state index contributed by atoms with van der Waals surface area (Å²) in [5, 5.41) is 59.6. The maximum atomic E-state index is 14.0. The van der Waals surface area contributed by atoms with E-state index in [1.807, 2.05) is 0 Å². The van der Waals surface area contributed by atoms with Gasteiger partial charge in [-0.2, -0.15) is 0 Å². The molecule has 8 N–H and O–H groups in total. The number of hydrogen-bond donors (Lipinski definition) is 7. The number of benzene rings is 1. The Balaban J connectivity index is 1.99. The topological polar surface area (TPSA) is 217 Å². The highest BCUT2D eigenvalue weighted by molar-refractivity contribution is 6.24. The first-order valence-corrected chi connectivity index (χ1v) is 12.8. The standard InChI is InChI=1S/C27H35N5O9/c1-30(2)9-14(33)29-12-8-13(31(3)4)10-7-11-16(22(36)15(10)21(12)35)24(38)27(41)18(20(11)34)19(32(5)6)23(37)17(25(27)39)26(28)40/h8,11,18-20,34-36,39,41H,7,9H2,1-6H3,(H2,28,40)(H,29,33)/t11?,18?,19-,20?,27-/m0/s1. The highest BCUT2D eigenvalue weighted by Crippen LogP contribution is 2.54. The van der Waals surface area contributed by atoms with Gasteiger partial charge in [0, 0.05) is 31.3 Å². The molecule has 0 heterocycles. The summed E-state index contributed by atoms with van der Waals surface area (Å²) in [6, 6.07) is 0.0619. The molecular weight excluding hydrogens is 538 g/mol. The maximum Gasteiger partial charge on any atom is 0.255 e. The van der Waals surface area contributed by atoms with Gasteiger partial charge in [0.25, 0.3) is 5.91 Å². The van der Waals surface area contributed by atoms with Crippen LogP contribution in [0.4, 0.5) is 11.4 Å². The molecule has 14 nitrogen and oxygen atoms in total. The summed E-state index contributed by atoms with van der Waals surface area (Å²) in [6.07, 6.45) is -1.81. The SMILES string of the molecule is CN(C)CC(=O)Nc1cc(N(C)C)c2c(c1O)C(O)=C1C(=O)[C@]3(O)C(O)=C(C(N)=O)C(=O)[C@@H](N(C)C)C3C(O)C1C2. The molecule has 222 valence electrons. The number of likely N-dealkylation sites (N-methyl/N-ethyl adjacent to an activating group) is 2. The van der Waals surface area contributed by atoms with E-state index in [1.54, 1.807) is 38.0 Å². The number of nitrogens with zero attached hydrogens (tertiary/aromatic N) is 3. The zero-order valence-corrected chi connectivity index (χ0v) is 23.6. The van der Waals surface area contributed by atoms with E-state index >= 15 is 0 Å². The summed E-state index contributed by atoms with van der Waals surface area (Å²) < 4.78 is 0. The van der Waals surface area contributed by atoms with E-state index in [-0.39, 0.29) is 24.2 Å². The number of fused-ring (bicyclic) bond motifs is 3. The number of aliphatic hydroxyl groups is 4. The zero-order valence-electron chi connectivity index (χ0n) is 23.6. The third kappa shape index (κ3) is 4.34. The van der Waals surface area contributed by atoms with Crippen molar-refractivity contribution in [1.29, 1.82) is 0 Å². The molecule has 1 saturated carbocycles. The number of carbonyl (C=O) groups excluding carboxylic acids is 4. The number of Topliss-reactive ketones (excluding diaryl/α,β-unsaturated/α-hetero) is 2. The van der Waals surface area contributed by atoms with Crippen molar-refractivity contribution >= 4 is 40.5 Å². The summed E-state index contributed by atoms with van der Waals surface area (Å²) >= 11 is 0. The molecule has 0 radical (unpaired) electrons. The first-order chi connectivity index (χ1) is 19.0. The Hall–Kier alpha value is -3.98. The number of nitrogens with one attached hydrogen (secondary N) is 1. The Labute approximate surface area is 235 Å². The lowest BCUT2D eigenvalue weighted by atomic mass is 9.56. The molecule has 4 rings (SSSR count). The predicted molar refractivity (Wildman–Crippen MR) is 147 cm³/mol. The van der Waals surface area contributed by atoms with E-state index in [4.69, 9.17) is 5.73 Å². The Morgan fingerprint density at radius 2 is 1.71 bits per heavy atom. The molecule has 0 aromatic heterocycles. The molecule has 1 aromatic rings. The molecule has 2 amide bonds. The molecule has 0 spiro atoms. The second-order valence-electron chi connectivity index (χ2n) is 11.4. The number of anilines is 2. The van der Waals surface area contributed by atoms with Crippen LogP contribution in [0, 0.1) is 11.8 Å². The van der Waals surface area contributed by atoms with Crippen molar-refractivity contribution in [3.05, 3.63) is 34.1 Å². The maximum absolute atomic E-state index is 14.0. The van der Waals surface area contributed by atoms with E-state index < -0.39 is 81.4 Å². The van der Waals surface area contributed by atoms with Crippen LogP contribution < -0.4 is 16.0 Å². The second kappa shape index (κ2) is 10.1. The molecule has 3 unspecified atom stereocenters. The molecule has 0 aliphatic heterocycles. The summed E-state index contributed by atoms with van der Waals surface area (Å²) in [6.45, 7) is -0.0123. The van der Waals surface area contributed by atoms with Gasteiger partial charge in [-0.05, 0) is 46.2 Å². The van der Waals surface area contributed by atoms with E-state index in [9.17, 15) is 44.7 Å². The van der Waals surface area contributed by atoms with Crippen molar-refractivity contribution < 1.29 is 44.7 Å². The fraction of sp³-hybridized carbons (Fsp3) is 0.481. The lowest BCUT2D eigenvalue weighted by Crippen LogP contribution is -2.70. The molecule has 14 heteroatoms. The lowest BCUT2D eigenvalue weighted by Gasteiger charge is -2.52. The number of carbonyl (C=O) groups is 4. The molecule has 3 aliphatic rings. The van der Waals surface area contributed by atoms with Crippen molar-refractivity contribution in [3.8, 4) is 5.75 Å². The Kier molecular flexibility index (Phi) is 7.41. The Bertz CT molecular complexity index is 1430. The van der Waals surface area contributed by atoms with Crippen LogP contribution in [0.1, 0.15) is 11.1 Å². The zero-order chi connectivity index (χ0) is 30.9. The van der Waals surface area contributed by atoms with Crippen molar-refractivity contribution in [2.45, 2.75) is 24.2 Å². The smallest absolute Gasteiger partial charge is 0.255 e. The molecule has 5 atom stereocenters. The number of aromatic hydroxyl groups is 1. The van der Waals surface area contributed by atoms with E-state index in [1.165, 1.54) is 25.1 Å². The molecule has 3 aliphatic carbocycles. The van der Waals surface area contributed by atoms with Crippen molar-refractivity contribution in [2.24, 2.45) is 17.6 Å². The number of ketones is 2. The monoisotopic (exact) mass is 573 g/mol. The number of phenols is 1. The van der Waals surface area contributed by atoms with Gasteiger partial charge in [0.1, 0.15) is 22.8 Å². The molecular formula is C27H35N5O9. The van der Waals surface area contributed by atoms with Crippen molar-refractivity contribution in [2.75, 3.05) is 59.0 Å². The van der Waals surface area contributed by atoms with Crippen LogP contribution >= 0.6 is 0 Å². The second-order valence-corrected chi connectivity index (χ2v) is 11.4. The van der Waals surface area contributed by atoms with Crippen LogP contribution in [0.5, 0.6) is 5.75 Å². The van der Waals surface area contributed by atoms with Crippen LogP contribution in [-0.4, -0.2) is 125 Å². The van der Waals surface area contributed by atoms with Gasteiger partial charge in [-0.1, -0.05) is 0 Å². The minimum Gasteiger partial charge on any atom is -0.508 e. The molecule has 41 heavy (non-hydrogen) atoms. The number of primary amides is 1. The van der Waals surface area contributed by atoms with Gasteiger partial charge in [-0.3, -0.25) is 24.1 Å². The van der Waals surface area contributed by atoms with Gasteiger partial charge < -0.3 is 46.4 Å². The van der Waals surface area contributed by atoms with Crippen molar-refractivity contribution in [3.63, 3.8) is 0 Å². The fourth-order valence-electron chi connectivity index (χ4n) is 6.28. The number of rotatable bonds is 6. The lowest BCUT2D eigenvalue weighted by molar-refractivity contribution is -0.168. The molecule has 1 aromatic carbocycles. The number of aliphatic hydroxyl groups excluding tert-OH is 3. The van der Waals surface area contributed by atoms with E-state index in [0.29, 0.717) is 11.3 Å². The number of hydrogen-bond acceptors (Lipinski definition) is 12. The number of amides is 2. The highest BCUT2D eigenvalue weighted by atomic mass is 16.4. The Morgan fingerprint density at radius 3 is 2.22 bits per heavy atom. The van der Waals surface area contributed by atoms with Gasteiger partial charge in [0.15, 0.2) is 11.4 Å². The highest BCUT2D eigenvalue weighted by Gasteiger charge is 2.67. The van der Waals surface area contributed by atoms with Crippen LogP contribution in [0.2, 0.25) is 0 Å². The fourth-order valence-corrected chi connectivity index (χ4v) is 6.28. The largest absolute Gasteiger partial charge is 0.508 e. The Morgan fingerprint density at radius 1 is 1.10 bits per heavy atom. The van der Waals surface area contributed by atoms with Crippen LogP contribution in [0.3, 0.4) is 0 Å². The van der Waals surface area contributed by atoms with Crippen LogP contribution in [0.15, 0.2) is 23.0 Å². The third-order valence-corrected chi connectivity index (χ3v) is 8.00. The first kappa shape index (κ1) is 30.0. The molecule has 0 saturated heterocycles. The summed E-state index contributed by atoms with van der Waals surface area (Å²) in [7, 11) is 9.61. The van der Waals surface area contributed by atoms with Gasteiger partial charge in [0.2, 0.25) is 11.7 Å². The van der Waals surface area contributed by atoms with Crippen molar-refractivity contribution in [1.82, 2.24) is 9.80 Å². The van der Waals surface area contributed by atoms with Gasteiger partial charge in [0.05, 0.1) is 35.9 Å². The minimum absolute atomic E-state index is 0.0123. The van der Waals surface area contributed by atoms with E-state index in [0.717, 1.165) is 0 Å². The minimum atomic E-state index is -3.00. The molecule has 1 fully saturated rings. The average molecular weight is 574 g/mol. The summed E-state index contributed by atoms with van der Waals surface area (Å²) in [5.74, 6) is -9.54. The van der Waals surface area contributed by atoms with Gasteiger partial charge >= 0.3 is 0 Å². The van der Waals surface area contributed by atoms with Gasteiger partial charge in [-0.25, -0.2) is 0 Å². The summed E-state index contributed by atoms with van der Waals surface area (Å²) in [5.41, 5.74) is 1.35. The van der Waals surface area contributed by atoms with Crippen LogP contribution in [0.25, 0.3) is 5.76 Å².